The first-order chi connectivity index (χ1) is 9.25. The maximum absolute atomic E-state index is 12.2. The highest BCUT2D eigenvalue weighted by molar-refractivity contribution is 5.85. The first-order valence-electron chi connectivity index (χ1n) is 7.35. The van der Waals surface area contributed by atoms with E-state index < -0.39 is 0 Å². The summed E-state index contributed by atoms with van der Waals surface area (Å²) in [5, 5.41) is 6.65. The molecule has 0 bridgehead atoms. The summed E-state index contributed by atoms with van der Waals surface area (Å²) < 4.78 is 0. The fraction of sp³-hybridized carbons (Fsp3) is 0.562. The molecule has 1 atom stereocenters. The lowest BCUT2D eigenvalue weighted by atomic mass is 9.94. The van der Waals surface area contributed by atoms with Crippen LogP contribution in [0.1, 0.15) is 43.4 Å². The Bertz CT molecular complexity index is 479. The molecule has 0 aromatic heterocycles. The van der Waals surface area contributed by atoms with Crippen LogP contribution in [0.15, 0.2) is 24.3 Å². The molecule has 19 heavy (non-hydrogen) atoms. The molecule has 1 aromatic rings. The van der Waals surface area contributed by atoms with Crippen LogP contribution in [0.25, 0.3) is 0 Å². The molecule has 0 radical (unpaired) electrons. The summed E-state index contributed by atoms with van der Waals surface area (Å²) >= 11 is 0. The second-order valence-corrected chi connectivity index (χ2v) is 5.80. The molecule has 1 saturated carbocycles. The van der Waals surface area contributed by atoms with Crippen LogP contribution in [0, 0.1) is 5.41 Å². The summed E-state index contributed by atoms with van der Waals surface area (Å²) in [6, 6.07) is 8.80. The van der Waals surface area contributed by atoms with Crippen molar-refractivity contribution in [2.45, 2.75) is 38.6 Å². The number of carbonyl (C=O) groups is 1. The molecular weight excluding hydrogens is 236 g/mol. The number of nitrogens with one attached hydrogen (secondary N) is 2. The van der Waals surface area contributed by atoms with Crippen LogP contribution in [0.2, 0.25) is 0 Å². The van der Waals surface area contributed by atoms with Gasteiger partial charge in [-0.2, -0.15) is 0 Å². The third-order valence-electron chi connectivity index (χ3n) is 4.69. The minimum absolute atomic E-state index is 0.0335. The topological polar surface area (TPSA) is 41.1 Å². The van der Waals surface area contributed by atoms with Gasteiger partial charge in [0.25, 0.3) is 0 Å². The second-order valence-electron chi connectivity index (χ2n) is 5.80. The van der Waals surface area contributed by atoms with Gasteiger partial charge in [0.2, 0.25) is 5.91 Å². The average Bonchev–Trinajstić information content (AvgIpc) is 3.26. The molecule has 1 fully saturated rings. The van der Waals surface area contributed by atoms with Crippen molar-refractivity contribution in [3.63, 3.8) is 0 Å². The van der Waals surface area contributed by atoms with Gasteiger partial charge in [-0.3, -0.25) is 4.79 Å². The summed E-state index contributed by atoms with van der Waals surface area (Å²) in [4.78, 5) is 12.2. The zero-order valence-corrected chi connectivity index (χ0v) is 11.5. The Morgan fingerprint density at radius 2 is 2.21 bits per heavy atom. The van der Waals surface area contributed by atoms with E-state index in [-0.39, 0.29) is 17.4 Å². The summed E-state index contributed by atoms with van der Waals surface area (Å²) in [6.45, 7) is 3.81. The molecule has 1 aliphatic heterocycles. The highest BCUT2D eigenvalue weighted by atomic mass is 16.2. The highest BCUT2D eigenvalue weighted by Crippen LogP contribution is 2.48. The summed E-state index contributed by atoms with van der Waals surface area (Å²) in [7, 11) is 0. The molecule has 102 valence electrons. The van der Waals surface area contributed by atoms with Crippen molar-refractivity contribution < 1.29 is 4.79 Å². The molecule has 0 saturated heterocycles. The predicted octanol–water partition coefficient (Wildman–Crippen LogP) is 2.18. The number of benzene rings is 1. The minimum atomic E-state index is -0.0335. The van der Waals surface area contributed by atoms with Gasteiger partial charge >= 0.3 is 0 Å². The Labute approximate surface area is 114 Å². The Kier molecular flexibility index (Phi) is 3.31. The Morgan fingerprint density at radius 1 is 1.42 bits per heavy atom. The smallest absolute Gasteiger partial charge is 0.226 e. The summed E-state index contributed by atoms with van der Waals surface area (Å²) in [5.74, 6) is 0.250. The number of rotatable bonds is 4. The standard InChI is InChI=1S/C16H22N2O/c1-2-16(8-9-16)15(19)18-11-14-13-6-4-3-5-12(13)7-10-17-14/h3-6,14,17H,2,7-11H2,1H3,(H,18,19). The zero-order chi connectivity index (χ0) is 13.3. The molecule has 1 amide bonds. The molecule has 3 rings (SSSR count). The normalized spacial score (nSPS) is 23.5. The van der Waals surface area contributed by atoms with Crippen molar-refractivity contribution in [2.24, 2.45) is 5.41 Å². The van der Waals surface area contributed by atoms with Crippen LogP contribution < -0.4 is 10.6 Å². The lowest BCUT2D eigenvalue weighted by Gasteiger charge is -2.27. The van der Waals surface area contributed by atoms with Gasteiger partial charge in [0.1, 0.15) is 0 Å². The number of hydrogen-bond acceptors (Lipinski definition) is 2. The summed E-state index contributed by atoms with van der Waals surface area (Å²) in [5.41, 5.74) is 2.72. The van der Waals surface area contributed by atoms with E-state index in [4.69, 9.17) is 0 Å². The van der Waals surface area contributed by atoms with Crippen LogP contribution in [-0.2, 0) is 11.2 Å². The van der Waals surface area contributed by atoms with Crippen LogP contribution in [0.5, 0.6) is 0 Å². The maximum atomic E-state index is 12.2. The lowest BCUT2D eigenvalue weighted by Crippen LogP contribution is -2.41. The maximum Gasteiger partial charge on any atom is 0.226 e. The van der Waals surface area contributed by atoms with E-state index in [0.717, 1.165) is 32.2 Å². The van der Waals surface area contributed by atoms with E-state index in [0.29, 0.717) is 6.54 Å². The van der Waals surface area contributed by atoms with Crippen molar-refractivity contribution >= 4 is 5.91 Å². The number of fused-ring (bicyclic) bond motifs is 1. The fourth-order valence-corrected chi connectivity index (χ4v) is 3.05. The van der Waals surface area contributed by atoms with Crippen molar-refractivity contribution in [3.05, 3.63) is 35.4 Å². The molecule has 2 N–H and O–H groups in total. The lowest BCUT2D eigenvalue weighted by molar-refractivity contribution is -0.126. The van der Waals surface area contributed by atoms with Gasteiger partial charge in [-0.15, -0.1) is 0 Å². The molecule has 3 heteroatoms. The van der Waals surface area contributed by atoms with Crippen molar-refractivity contribution in [1.29, 1.82) is 0 Å². The third-order valence-corrected chi connectivity index (χ3v) is 4.69. The van der Waals surface area contributed by atoms with Crippen LogP contribution in [0.4, 0.5) is 0 Å². The molecule has 1 heterocycles. The Balaban J connectivity index is 1.64. The first-order valence-corrected chi connectivity index (χ1v) is 7.35. The fourth-order valence-electron chi connectivity index (χ4n) is 3.05. The van der Waals surface area contributed by atoms with Crippen molar-refractivity contribution in [3.8, 4) is 0 Å². The molecule has 2 aliphatic rings. The van der Waals surface area contributed by atoms with Crippen LogP contribution in [0.3, 0.4) is 0 Å². The van der Waals surface area contributed by atoms with Crippen molar-refractivity contribution in [2.75, 3.05) is 13.1 Å². The average molecular weight is 258 g/mol. The van der Waals surface area contributed by atoms with E-state index >= 15 is 0 Å². The van der Waals surface area contributed by atoms with Crippen LogP contribution in [-0.4, -0.2) is 19.0 Å². The van der Waals surface area contributed by atoms with Gasteiger partial charge < -0.3 is 10.6 Å². The van der Waals surface area contributed by atoms with Gasteiger partial charge in [0.05, 0.1) is 0 Å². The third kappa shape index (κ3) is 2.39. The van der Waals surface area contributed by atoms with Gasteiger partial charge in [-0.25, -0.2) is 0 Å². The quantitative estimate of drug-likeness (QED) is 0.869. The number of carbonyl (C=O) groups excluding carboxylic acids is 1. The molecule has 1 aromatic carbocycles. The van der Waals surface area contributed by atoms with Crippen molar-refractivity contribution in [1.82, 2.24) is 10.6 Å². The molecule has 1 aliphatic carbocycles. The zero-order valence-electron chi connectivity index (χ0n) is 11.5. The molecular formula is C16H22N2O. The molecule has 1 unspecified atom stereocenters. The second kappa shape index (κ2) is 4.97. The van der Waals surface area contributed by atoms with E-state index in [2.05, 4.69) is 41.8 Å². The largest absolute Gasteiger partial charge is 0.354 e. The van der Waals surface area contributed by atoms with Gasteiger partial charge in [-0.05, 0) is 43.4 Å². The molecule has 3 nitrogen and oxygen atoms in total. The Hall–Kier alpha value is -1.35. The first kappa shape index (κ1) is 12.7. The van der Waals surface area contributed by atoms with Gasteiger partial charge in [-0.1, -0.05) is 31.2 Å². The van der Waals surface area contributed by atoms with E-state index in [1.165, 1.54) is 11.1 Å². The van der Waals surface area contributed by atoms with Gasteiger partial charge in [0, 0.05) is 18.0 Å². The SMILES string of the molecule is CCC1(C(=O)NCC2NCCc3ccccc32)CC1. The number of amides is 1. The van der Waals surface area contributed by atoms with E-state index in [9.17, 15) is 4.79 Å². The van der Waals surface area contributed by atoms with E-state index in [1.54, 1.807) is 0 Å². The predicted molar refractivity (Wildman–Crippen MR) is 75.9 cm³/mol. The molecule has 0 spiro atoms. The minimum Gasteiger partial charge on any atom is -0.354 e. The number of hydrogen-bond donors (Lipinski definition) is 2. The monoisotopic (exact) mass is 258 g/mol. The highest BCUT2D eigenvalue weighted by Gasteiger charge is 2.47. The summed E-state index contributed by atoms with van der Waals surface area (Å²) in [6.07, 6.45) is 4.17. The van der Waals surface area contributed by atoms with Crippen LogP contribution >= 0.6 is 0 Å². The van der Waals surface area contributed by atoms with E-state index in [1.807, 2.05) is 0 Å². The Morgan fingerprint density at radius 3 is 2.95 bits per heavy atom. The van der Waals surface area contributed by atoms with Gasteiger partial charge in [0.15, 0.2) is 0 Å².